The van der Waals surface area contributed by atoms with Crippen LogP contribution in [-0.4, -0.2) is 18.7 Å². The molecule has 0 heterocycles. The molecule has 3 aromatic carbocycles. The lowest BCUT2D eigenvalue weighted by Crippen LogP contribution is -2.22. The molecule has 1 N–H and O–H groups in total. The molecule has 0 saturated carbocycles. The van der Waals surface area contributed by atoms with Crippen molar-refractivity contribution in [3.05, 3.63) is 95.6 Å². The summed E-state index contributed by atoms with van der Waals surface area (Å²) in [7, 11) is 0. The number of hydrogen-bond acceptors (Lipinski definition) is 2. The molecule has 29 heavy (non-hydrogen) atoms. The van der Waals surface area contributed by atoms with Crippen LogP contribution in [0.4, 0.5) is 13.2 Å². The molecule has 0 fully saturated rings. The molecule has 0 aromatic heterocycles. The van der Waals surface area contributed by atoms with Crippen molar-refractivity contribution in [3.8, 4) is 11.1 Å². The van der Waals surface area contributed by atoms with Gasteiger partial charge in [0.1, 0.15) is 6.61 Å². The topological polar surface area (TPSA) is 38.3 Å². The molecule has 0 spiro atoms. The predicted octanol–water partition coefficient (Wildman–Crippen LogP) is 5.36. The normalized spacial score (nSPS) is 11.3. The Morgan fingerprint density at radius 2 is 1.38 bits per heavy atom. The fraction of sp³-hybridized carbons (Fsp3) is 0.174. The van der Waals surface area contributed by atoms with Gasteiger partial charge in [-0.2, -0.15) is 13.2 Å². The first-order valence-corrected chi connectivity index (χ1v) is 9.07. The van der Waals surface area contributed by atoms with E-state index in [1.165, 1.54) is 0 Å². The number of hydrogen-bond donors (Lipinski definition) is 1. The van der Waals surface area contributed by atoms with E-state index in [0.29, 0.717) is 17.7 Å². The smallest absolute Gasteiger partial charge is 0.367 e. The van der Waals surface area contributed by atoms with Crippen LogP contribution in [0.5, 0.6) is 0 Å². The zero-order chi connectivity index (χ0) is 20.7. The van der Waals surface area contributed by atoms with Gasteiger partial charge in [-0.15, -0.1) is 0 Å². The summed E-state index contributed by atoms with van der Waals surface area (Å²) in [5, 5.41) is 2.84. The number of nitrogens with one attached hydrogen (secondary N) is 1. The number of carbonyl (C=O) groups is 1. The summed E-state index contributed by atoms with van der Waals surface area (Å²) in [5.74, 6) is -0.192. The third-order valence-electron chi connectivity index (χ3n) is 4.26. The van der Waals surface area contributed by atoms with Gasteiger partial charge in [0.15, 0.2) is 0 Å². The van der Waals surface area contributed by atoms with E-state index in [0.717, 1.165) is 16.7 Å². The maximum atomic E-state index is 12.3. The largest absolute Gasteiger partial charge is 0.411 e. The predicted molar refractivity (Wildman–Crippen MR) is 105 cm³/mol. The van der Waals surface area contributed by atoms with E-state index in [9.17, 15) is 18.0 Å². The van der Waals surface area contributed by atoms with Gasteiger partial charge < -0.3 is 10.1 Å². The van der Waals surface area contributed by atoms with E-state index in [1.807, 2.05) is 42.5 Å². The van der Waals surface area contributed by atoms with E-state index in [2.05, 4.69) is 10.1 Å². The van der Waals surface area contributed by atoms with Gasteiger partial charge in [-0.25, -0.2) is 0 Å². The summed E-state index contributed by atoms with van der Waals surface area (Å²) in [5.41, 5.74) is 4.16. The lowest BCUT2D eigenvalue weighted by Gasteiger charge is -2.09. The summed E-state index contributed by atoms with van der Waals surface area (Å²) in [6.45, 7) is -1.06. The lowest BCUT2D eigenvalue weighted by molar-refractivity contribution is -0.176. The van der Waals surface area contributed by atoms with Crippen LogP contribution in [0, 0.1) is 0 Å². The van der Waals surface area contributed by atoms with Gasteiger partial charge in [0.2, 0.25) is 0 Å². The average molecular weight is 399 g/mol. The van der Waals surface area contributed by atoms with Gasteiger partial charge in [0.25, 0.3) is 5.91 Å². The van der Waals surface area contributed by atoms with E-state index >= 15 is 0 Å². The minimum absolute atomic E-state index is 0.111. The molecule has 0 aliphatic heterocycles. The Morgan fingerprint density at radius 1 is 0.793 bits per heavy atom. The van der Waals surface area contributed by atoms with Crippen molar-refractivity contribution in [3.63, 3.8) is 0 Å². The van der Waals surface area contributed by atoms with E-state index in [1.54, 1.807) is 36.4 Å². The Balaban J connectivity index is 1.50. The highest BCUT2D eigenvalue weighted by molar-refractivity contribution is 5.94. The van der Waals surface area contributed by atoms with Crippen LogP contribution in [0.25, 0.3) is 11.1 Å². The maximum absolute atomic E-state index is 12.3. The van der Waals surface area contributed by atoms with Crippen molar-refractivity contribution in [1.29, 1.82) is 0 Å². The Morgan fingerprint density at radius 3 is 2.00 bits per heavy atom. The average Bonchev–Trinajstić information content (AvgIpc) is 2.73. The molecule has 0 unspecified atom stereocenters. The highest BCUT2D eigenvalue weighted by Crippen LogP contribution is 2.19. The second-order valence-electron chi connectivity index (χ2n) is 6.55. The second kappa shape index (κ2) is 9.39. The molecule has 0 radical (unpaired) electrons. The first kappa shape index (κ1) is 20.6. The monoisotopic (exact) mass is 399 g/mol. The zero-order valence-electron chi connectivity index (χ0n) is 15.6. The standard InChI is InChI=1S/C23H20F3NO2/c24-23(25,26)16-29-15-18-8-6-17(7-9-18)14-27-22(28)21-12-10-20(11-13-21)19-4-2-1-3-5-19/h1-13H,14-16H2,(H,27,28). The molecule has 0 aliphatic rings. The Bertz CT molecular complexity index is 921. The number of benzene rings is 3. The molecule has 6 heteroatoms. The van der Waals surface area contributed by atoms with Crippen LogP contribution < -0.4 is 5.32 Å². The minimum Gasteiger partial charge on any atom is -0.367 e. The summed E-state index contributed by atoms with van der Waals surface area (Å²) >= 11 is 0. The van der Waals surface area contributed by atoms with Crippen molar-refractivity contribution in [1.82, 2.24) is 5.32 Å². The van der Waals surface area contributed by atoms with E-state index in [-0.39, 0.29) is 12.5 Å². The molecule has 150 valence electrons. The molecule has 3 aromatic rings. The summed E-state index contributed by atoms with van der Waals surface area (Å²) in [6.07, 6.45) is -4.33. The second-order valence-corrected chi connectivity index (χ2v) is 6.55. The van der Waals surface area contributed by atoms with E-state index in [4.69, 9.17) is 0 Å². The van der Waals surface area contributed by atoms with Crippen molar-refractivity contribution >= 4 is 5.91 Å². The first-order chi connectivity index (χ1) is 13.9. The van der Waals surface area contributed by atoms with Crippen LogP contribution >= 0.6 is 0 Å². The van der Waals surface area contributed by atoms with Crippen LogP contribution in [0.3, 0.4) is 0 Å². The fourth-order valence-electron chi connectivity index (χ4n) is 2.77. The van der Waals surface area contributed by atoms with Gasteiger partial charge >= 0.3 is 6.18 Å². The first-order valence-electron chi connectivity index (χ1n) is 9.07. The highest BCUT2D eigenvalue weighted by atomic mass is 19.4. The SMILES string of the molecule is O=C(NCc1ccc(COCC(F)(F)F)cc1)c1ccc(-c2ccccc2)cc1. The zero-order valence-corrected chi connectivity index (χ0v) is 15.6. The van der Waals surface area contributed by atoms with Gasteiger partial charge in [0.05, 0.1) is 6.61 Å². The Hall–Kier alpha value is -3.12. The molecule has 0 aliphatic carbocycles. The number of alkyl halides is 3. The number of ether oxygens (including phenoxy) is 1. The maximum Gasteiger partial charge on any atom is 0.411 e. The molecule has 0 saturated heterocycles. The number of rotatable bonds is 7. The highest BCUT2D eigenvalue weighted by Gasteiger charge is 2.27. The van der Waals surface area contributed by atoms with Crippen molar-refractivity contribution in [2.24, 2.45) is 0 Å². The summed E-state index contributed by atoms with van der Waals surface area (Å²) in [4.78, 5) is 12.3. The number of amides is 1. The molecule has 0 atom stereocenters. The van der Waals surface area contributed by atoms with Gasteiger partial charge in [0, 0.05) is 12.1 Å². The quantitative estimate of drug-likeness (QED) is 0.581. The van der Waals surface area contributed by atoms with Crippen molar-refractivity contribution in [2.45, 2.75) is 19.3 Å². The van der Waals surface area contributed by atoms with Crippen molar-refractivity contribution < 1.29 is 22.7 Å². The van der Waals surface area contributed by atoms with Crippen molar-refractivity contribution in [2.75, 3.05) is 6.61 Å². The minimum atomic E-state index is -4.33. The van der Waals surface area contributed by atoms with Crippen LogP contribution in [0.2, 0.25) is 0 Å². The van der Waals surface area contributed by atoms with Crippen LogP contribution in [0.15, 0.2) is 78.9 Å². The third kappa shape index (κ3) is 6.47. The van der Waals surface area contributed by atoms with E-state index < -0.39 is 12.8 Å². The van der Waals surface area contributed by atoms with Crippen LogP contribution in [0.1, 0.15) is 21.5 Å². The molecular formula is C23H20F3NO2. The summed E-state index contributed by atoms with van der Waals surface area (Å²) < 4.78 is 40.9. The Labute approximate surface area is 167 Å². The molecule has 1 amide bonds. The molecule has 0 bridgehead atoms. The van der Waals surface area contributed by atoms with Gasteiger partial charge in [-0.05, 0) is 34.4 Å². The van der Waals surface area contributed by atoms with Gasteiger partial charge in [-0.3, -0.25) is 4.79 Å². The fourth-order valence-corrected chi connectivity index (χ4v) is 2.77. The third-order valence-corrected chi connectivity index (χ3v) is 4.26. The Kier molecular flexibility index (Phi) is 6.67. The van der Waals surface area contributed by atoms with Gasteiger partial charge in [-0.1, -0.05) is 66.7 Å². The number of carbonyl (C=O) groups excluding carboxylic acids is 1. The molecule has 3 nitrogen and oxygen atoms in total. The molecule has 3 rings (SSSR count). The van der Waals surface area contributed by atoms with Crippen LogP contribution in [-0.2, 0) is 17.9 Å². The lowest BCUT2D eigenvalue weighted by atomic mass is 10.0. The molecular weight excluding hydrogens is 379 g/mol. The number of halogens is 3. The summed E-state index contributed by atoms with van der Waals surface area (Å²) in [6, 6.07) is 24.1.